The van der Waals surface area contributed by atoms with Crippen molar-refractivity contribution in [2.45, 2.75) is 56.7 Å². The van der Waals surface area contributed by atoms with E-state index in [-0.39, 0.29) is 5.41 Å². The van der Waals surface area contributed by atoms with E-state index in [2.05, 4.69) is 69.6 Å². The van der Waals surface area contributed by atoms with Gasteiger partial charge in [0.05, 0.1) is 31.0 Å². The minimum absolute atomic E-state index is 0.159. The van der Waals surface area contributed by atoms with E-state index < -0.39 is 0 Å². The second-order valence-electron chi connectivity index (χ2n) is 11.2. The molecule has 2 saturated heterocycles. The number of rotatable bonds is 6. The zero-order chi connectivity index (χ0) is 23.8. The number of anilines is 1. The van der Waals surface area contributed by atoms with Gasteiger partial charge in [0.1, 0.15) is 12.1 Å². The van der Waals surface area contributed by atoms with Gasteiger partial charge in [-0.05, 0) is 56.9 Å². The molecule has 4 heterocycles. The quantitative estimate of drug-likeness (QED) is 0.514. The first-order chi connectivity index (χ1) is 17.0. The van der Waals surface area contributed by atoms with Crippen LogP contribution in [-0.4, -0.2) is 82.3 Å². The lowest BCUT2D eigenvalue weighted by Gasteiger charge is -2.50. The molecular formula is C27H33N7O. The third-order valence-corrected chi connectivity index (χ3v) is 9.10. The van der Waals surface area contributed by atoms with E-state index in [1.54, 1.807) is 6.33 Å². The van der Waals surface area contributed by atoms with Gasteiger partial charge < -0.3 is 9.64 Å². The van der Waals surface area contributed by atoms with Crippen LogP contribution in [0.4, 0.5) is 5.82 Å². The monoisotopic (exact) mass is 471 g/mol. The smallest absolute Gasteiger partial charge is 0.159 e. The van der Waals surface area contributed by atoms with Gasteiger partial charge in [0, 0.05) is 48.6 Å². The predicted molar refractivity (Wildman–Crippen MR) is 137 cm³/mol. The van der Waals surface area contributed by atoms with Crippen molar-refractivity contribution in [2.75, 3.05) is 37.7 Å². The van der Waals surface area contributed by atoms with Crippen molar-refractivity contribution in [3.05, 3.63) is 42.4 Å². The molecule has 0 unspecified atom stereocenters. The fourth-order valence-corrected chi connectivity index (χ4v) is 7.02. The van der Waals surface area contributed by atoms with E-state index in [9.17, 15) is 0 Å². The van der Waals surface area contributed by atoms with Gasteiger partial charge in [-0.1, -0.05) is 12.1 Å². The fraction of sp³-hybridized carbons (Fsp3) is 0.556. The van der Waals surface area contributed by atoms with Crippen molar-refractivity contribution in [1.29, 1.82) is 0 Å². The van der Waals surface area contributed by atoms with Crippen LogP contribution in [0, 0.1) is 5.41 Å². The van der Waals surface area contributed by atoms with Gasteiger partial charge in [-0.2, -0.15) is 5.10 Å². The van der Waals surface area contributed by atoms with Crippen LogP contribution in [0.2, 0.25) is 0 Å². The lowest BCUT2D eigenvalue weighted by molar-refractivity contribution is -0.0941. The SMILES string of the molecule is C=NC[C@@]1(c2ccc3cnn(-c4cc(N5C[C@@H](C)N(C6COC6)[C@@H](C)C5)ncn4)c3c2)CC12CC2. The maximum atomic E-state index is 5.46. The average Bonchev–Trinajstić information content (AvgIpc) is 3.69. The number of ether oxygens (including phenoxy) is 1. The summed E-state index contributed by atoms with van der Waals surface area (Å²) >= 11 is 0. The maximum absolute atomic E-state index is 5.46. The normalized spacial score (nSPS) is 29.9. The second-order valence-corrected chi connectivity index (χ2v) is 11.2. The largest absolute Gasteiger partial charge is 0.378 e. The van der Waals surface area contributed by atoms with Crippen LogP contribution in [-0.2, 0) is 10.2 Å². The van der Waals surface area contributed by atoms with Crippen LogP contribution in [0.5, 0.6) is 0 Å². The van der Waals surface area contributed by atoms with Crippen molar-refractivity contribution < 1.29 is 4.74 Å². The Morgan fingerprint density at radius 2 is 1.86 bits per heavy atom. The molecule has 2 aromatic heterocycles. The molecule has 1 spiro atoms. The lowest BCUT2D eigenvalue weighted by atomic mass is 9.91. The third-order valence-electron chi connectivity index (χ3n) is 9.10. The summed E-state index contributed by atoms with van der Waals surface area (Å²) in [6, 6.07) is 10.3. The summed E-state index contributed by atoms with van der Waals surface area (Å²) in [6.45, 7) is 12.8. The van der Waals surface area contributed by atoms with Crippen LogP contribution in [0.25, 0.3) is 16.7 Å². The maximum Gasteiger partial charge on any atom is 0.159 e. The van der Waals surface area contributed by atoms with Crippen molar-refractivity contribution in [2.24, 2.45) is 10.4 Å². The van der Waals surface area contributed by atoms with E-state index in [0.29, 0.717) is 23.5 Å². The molecule has 7 rings (SSSR count). The number of nitrogens with zero attached hydrogens (tertiary/aromatic N) is 7. The van der Waals surface area contributed by atoms with Crippen LogP contribution in [0.3, 0.4) is 0 Å². The highest BCUT2D eigenvalue weighted by Crippen LogP contribution is 2.78. The molecule has 0 amide bonds. The van der Waals surface area contributed by atoms with Crippen molar-refractivity contribution in [3.8, 4) is 5.82 Å². The number of aliphatic imine (C=N–C) groups is 1. The molecule has 1 aromatic carbocycles. The lowest BCUT2D eigenvalue weighted by Crippen LogP contribution is -2.64. The first-order valence-corrected chi connectivity index (χ1v) is 12.9. The highest BCUT2D eigenvalue weighted by atomic mass is 16.5. The van der Waals surface area contributed by atoms with Gasteiger partial charge in [-0.15, -0.1) is 0 Å². The fourth-order valence-electron chi connectivity index (χ4n) is 7.02. The first-order valence-electron chi connectivity index (χ1n) is 12.9. The minimum atomic E-state index is 0.159. The standard InChI is InChI=1S/C27H33N7O/c1-18-11-32(12-19(2)33(18)22-13-35-14-22)24-9-25(30-17-29-24)34-23-8-21(5-4-20(23)10-31-34)27(16-28-3)15-26(27)6-7-26/h4-5,8-10,17-19,22H,3,6-7,11-16H2,1-2H3/t18-,19+,27-/m1/s1. The van der Waals surface area contributed by atoms with Crippen LogP contribution >= 0.6 is 0 Å². The van der Waals surface area contributed by atoms with E-state index in [1.165, 1.54) is 24.8 Å². The van der Waals surface area contributed by atoms with Crippen molar-refractivity contribution in [3.63, 3.8) is 0 Å². The summed E-state index contributed by atoms with van der Waals surface area (Å²) in [5, 5.41) is 5.85. The van der Waals surface area contributed by atoms with Crippen LogP contribution < -0.4 is 4.90 Å². The Hall–Kier alpha value is -2.84. The number of fused-ring (bicyclic) bond motifs is 1. The Morgan fingerprint density at radius 1 is 1.09 bits per heavy atom. The number of benzene rings is 1. The number of piperazine rings is 1. The molecule has 3 atom stereocenters. The molecule has 0 radical (unpaired) electrons. The van der Waals surface area contributed by atoms with E-state index in [1.807, 2.05) is 10.9 Å². The van der Waals surface area contributed by atoms with E-state index in [0.717, 1.165) is 55.4 Å². The zero-order valence-electron chi connectivity index (χ0n) is 20.6. The van der Waals surface area contributed by atoms with Gasteiger partial charge in [-0.25, -0.2) is 14.6 Å². The Labute approximate surface area is 206 Å². The minimum Gasteiger partial charge on any atom is -0.378 e. The van der Waals surface area contributed by atoms with Crippen LogP contribution in [0.1, 0.15) is 38.7 Å². The molecular weight excluding hydrogens is 438 g/mol. The highest BCUT2D eigenvalue weighted by molar-refractivity contribution is 5.81. The topological polar surface area (TPSA) is 71.7 Å². The summed E-state index contributed by atoms with van der Waals surface area (Å²) in [6.07, 6.45) is 7.46. The molecule has 3 aromatic rings. The average molecular weight is 472 g/mol. The molecule has 2 saturated carbocycles. The second kappa shape index (κ2) is 7.58. The molecule has 0 N–H and O–H groups in total. The Kier molecular flexibility index (Phi) is 4.64. The van der Waals surface area contributed by atoms with E-state index in [4.69, 9.17) is 9.84 Å². The molecule has 8 nitrogen and oxygen atoms in total. The van der Waals surface area contributed by atoms with Crippen LogP contribution in [0.15, 0.2) is 41.8 Å². The molecule has 4 fully saturated rings. The number of hydrogen-bond acceptors (Lipinski definition) is 7. The molecule has 2 aliphatic carbocycles. The molecule has 35 heavy (non-hydrogen) atoms. The summed E-state index contributed by atoms with van der Waals surface area (Å²) < 4.78 is 7.42. The Balaban J connectivity index is 1.20. The van der Waals surface area contributed by atoms with Gasteiger partial charge in [0.2, 0.25) is 0 Å². The van der Waals surface area contributed by atoms with Crippen molar-refractivity contribution >= 4 is 23.4 Å². The summed E-state index contributed by atoms with van der Waals surface area (Å²) in [5.41, 5.74) is 3.09. The third kappa shape index (κ3) is 3.19. The van der Waals surface area contributed by atoms with Gasteiger partial charge in [-0.3, -0.25) is 9.89 Å². The first kappa shape index (κ1) is 21.4. The van der Waals surface area contributed by atoms with Gasteiger partial charge in [0.15, 0.2) is 5.82 Å². The Morgan fingerprint density at radius 3 is 2.51 bits per heavy atom. The summed E-state index contributed by atoms with van der Waals surface area (Å²) in [5.74, 6) is 1.77. The summed E-state index contributed by atoms with van der Waals surface area (Å²) in [7, 11) is 0. The molecule has 0 bridgehead atoms. The molecule has 8 heteroatoms. The molecule has 182 valence electrons. The zero-order valence-corrected chi connectivity index (χ0v) is 20.6. The molecule has 4 aliphatic rings. The van der Waals surface area contributed by atoms with Gasteiger partial charge in [0.25, 0.3) is 0 Å². The van der Waals surface area contributed by atoms with Crippen molar-refractivity contribution in [1.82, 2.24) is 24.6 Å². The predicted octanol–water partition coefficient (Wildman–Crippen LogP) is 3.24. The number of hydrogen-bond donors (Lipinski definition) is 0. The Bertz CT molecular complexity index is 1280. The van der Waals surface area contributed by atoms with Gasteiger partial charge >= 0.3 is 0 Å². The van der Waals surface area contributed by atoms with E-state index >= 15 is 0 Å². The highest BCUT2D eigenvalue weighted by Gasteiger charge is 2.74. The molecule has 2 aliphatic heterocycles. The number of aromatic nitrogens is 4. The summed E-state index contributed by atoms with van der Waals surface area (Å²) in [4.78, 5) is 18.6.